The van der Waals surface area contributed by atoms with E-state index in [0.717, 1.165) is 26.1 Å². The van der Waals surface area contributed by atoms with Gasteiger partial charge < -0.3 is 9.80 Å². The lowest BCUT2D eigenvalue weighted by Gasteiger charge is -2.45. The van der Waals surface area contributed by atoms with Crippen LogP contribution in [-0.2, 0) is 11.2 Å². The molecule has 0 aromatic heterocycles. The molecule has 0 saturated carbocycles. The summed E-state index contributed by atoms with van der Waals surface area (Å²) in [5.74, 6) is 0.178. The largest absolute Gasteiger partial charge is 0.348 e. The normalized spacial score (nSPS) is 17.9. The van der Waals surface area contributed by atoms with Crippen LogP contribution in [-0.4, -0.2) is 74.0 Å². The molecular weight excluding hydrogens is 310 g/mol. The molecule has 2 rings (SSSR count). The van der Waals surface area contributed by atoms with Crippen molar-refractivity contribution in [2.45, 2.75) is 39.2 Å². The Morgan fingerprint density at radius 1 is 1.12 bits per heavy atom. The standard InChI is InChI=1S/C21H35N3O/c1-18(2)24-13-11-21(12-14-24,15-19-9-7-6-8-10-19)17-23(5)16-20(25)22(3)4/h6-10,18H,11-17H2,1-5H3. The third-order valence-corrected chi connectivity index (χ3v) is 5.52. The number of carbonyl (C=O) groups is 1. The molecule has 0 bridgehead atoms. The highest BCUT2D eigenvalue weighted by atomic mass is 16.2. The van der Waals surface area contributed by atoms with E-state index in [1.54, 1.807) is 4.90 Å². The van der Waals surface area contributed by atoms with Crippen LogP contribution in [0.5, 0.6) is 0 Å². The number of piperidine rings is 1. The molecule has 1 aliphatic heterocycles. The van der Waals surface area contributed by atoms with Gasteiger partial charge in [0, 0.05) is 26.7 Å². The zero-order chi connectivity index (χ0) is 18.4. The lowest BCUT2D eigenvalue weighted by molar-refractivity contribution is -0.130. The molecule has 1 aromatic carbocycles. The average molecular weight is 346 g/mol. The summed E-state index contributed by atoms with van der Waals surface area (Å²) in [6, 6.07) is 11.4. The third kappa shape index (κ3) is 5.82. The topological polar surface area (TPSA) is 26.8 Å². The second kappa shape index (κ2) is 8.81. The Morgan fingerprint density at radius 3 is 2.24 bits per heavy atom. The molecule has 0 unspecified atom stereocenters. The van der Waals surface area contributed by atoms with Gasteiger partial charge in [0.05, 0.1) is 6.54 Å². The van der Waals surface area contributed by atoms with Crippen LogP contribution in [0.15, 0.2) is 30.3 Å². The molecule has 0 atom stereocenters. The molecule has 4 heteroatoms. The maximum absolute atomic E-state index is 12.1. The molecule has 1 aliphatic rings. The van der Waals surface area contributed by atoms with Crippen molar-refractivity contribution in [2.75, 3.05) is 47.3 Å². The second-order valence-corrected chi connectivity index (χ2v) is 8.25. The maximum atomic E-state index is 12.1. The summed E-state index contributed by atoms with van der Waals surface area (Å²) < 4.78 is 0. The number of likely N-dealkylation sites (tertiary alicyclic amines) is 1. The number of hydrogen-bond donors (Lipinski definition) is 0. The fourth-order valence-electron chi connectivity index (χ4n) is 3.94. The molecule has 1 heterocycles. The third-order valence-electron chi connectivity index (χ3n) is 5.52. The molecule has 4 nitrogen and oxygen atoms in total. The fraction of sp³-hybridized carbons (Fsp3) is 0.667. The van der Waals surface area contributed by atoms with Gasteiger partial charge in [-0.1, -0.05) is 30.3 Å². The lowest BCUT2D eigenvalue weighted by Crippen LogP contribution is -2.49. The molecular formula is C21H35N3O. The monoisotopic (exact) mass is 345 g/mol. The van der Waals surface area contributed by atoms with Gasteiger partial charge in [0.2, 0.25) is 5.91 Å². The summed E-state index contributed by atoms with van der Waals surface area (Å²) in [5.41, 5.74) is 1.67. The average Bonchev–Trinajstić information content (AvgIpc) is 2.55. The van der Waals surface area contributed by atoms with Gasteiger partial charge in [-0.15, -0.1) is 0 Å². The van der Waals surface area contributed by atoms with E-state index in [0.29, 0.717) is 12.6 Å². The van der Waals surface area contributed by atoms with Crippen LogP contribution in [0.2, 0.25) is 0 Å². The van der Waals surface area contributed by atoms with Crippen molar-refractivity contribution in [2.24, 2.45) is 5.41 Å². The van der Waals surface area contributed by atoms with Gasteiger partial charge in [0.15, 0.2) is 0 Å². The smallest absolute Gasteiger partial charge is 0.236 e. The zero-order valence-electron chi connectivity index (χ0n) is 16.7. The van der Waals surface area contributed by atoms with Crippen LogP contribution >= 0.6 is 0 Å². The van der Waals surface area contributed by atoms with E-state index < -0.39 is 0 Å². The Morgan fingerprint density at radius 2 is 1.72 bits per heavy atom. The summed E-state index contributed by atoms with van der Waals surface area (Å²) >= 11 is 0. The van der Waals surface area contributed by atoms with Crippen LogP contribution in [0.25, 0.3) is 0 Å². The van der Waals surface area contributed by atoms with Gasteiger partial charge in [-0.3, -0.25) is 9.69 Å². The Bertz CT molecular complexity index is 533. The number of nitrogens with zero attached hydrogens (tertiary/aromatic N) is 3. The van der Waals surface area contributed by atoms with Crippen molar-refractivity contribution in [1.29, 1.82) is 0 Å². The molecule has 1 fully saturated rings. The predicted molar refractivity (Wildman–Crippen MR) is 105 cm³/mol. The van der Waals surface area contributed by atoms with Gasteiger partial charge in [-0.05, 0) is 64.2 Å². The Balaban J connectivity index is 2.08. The molecule has 1 aromatic rings. The highest BCUT2D eigenvalue weighted by Crippen LogP contribution is 2.36. The zero-order valence-corrected chi connectivity index (χ0v) is 16.7. The molecule has 0 radical (unpaired) electrons. The van der Waals surface area contributed by atoms with Gasteiger partial charge >= 0.3 is 0 Å². The highest BCUT2D eigenvalue weighted by Gasteiger charge is 2.36. The van der Waals surface area contributed by atoms with Gasteiger partial charge in [-0.2, -0.15) is 0 Å². The Kier molecular flexibility index (Phi) is 7.03. The first-order valence-corrected chi connectivity index (χ1v) is 9.48. The molecule has 25 heavy (non-hydrogen) atoms. The maximum Gasteiger partial charge on any atom is 0.236 e. The van der Waals surface area contributed by atoms with Crippen LogP contribution in [0.1, 0.15) is 32.3 Å². The minimum Gasteiger partial charge on any atom is -0.348 e. The lowest BCUT2D eigenvalue weighted by atomic mass is 9.73. The number of carbonyl (C=O) groups excluding carboxylic acids is 1. The van der Waals surface area contributed by atoms with Crippen LogP contribution < -0.4 is 0 Å². The minimum atomic E-state index is 0.178. The van der Waals surface area contributed by atoms with Crippen molar-refractivity contribution >= 4 is 5.91 Å². The number of amides is 1. The van der Waals surface area contributed by atoms with Crippen molar-refractivity contribution < 1.29 is 4.79 Å². The number of hydrogen-bond acceptors (Lipinski definition) is 3. The van der Waals surface area contributed by atoms with E-state index in [4.69, 9.17) is 0 Å². The molecule has 140 valence electrons. The first-order chi connectivity index (χ1) is 11.8. The number of rotatable bonds is 7. The molecule has 1 saturated heterocycles. The van der Waals surface area contributed by atoms with Gasteiger partial charge in [0.1, 0.15) is 0 Å². The summed E-state index contributed by atoms with van der Waals surface area (Å²) in [6.07, 6.45) is 3.49. The summed E-state index contributed by atoms with van der Waals surface area (Å²) in [5, 5.41) is 0. The summed E-state index contributed by atoms with van der Waals surface area (Å²) in [7, 11) is 5.75. The van der Waals surface area contributed by atoms with E-state index in [2.05, 4.69) is 61.0 Å². The second-order valence-electron chi connectivity index (χ2n) is 8.25. The van der Waals surface area contributed by atoms with Crippen molar-refractivity contribution in [1.82, 2.24) is 14.7 Å². The first kappa shape index (κ1) is 19.9. The quantitative estimate of drug-likeness (QED) is 0.760. The highest BCUT2D eigenvalue weighted by molar-refractivity contribution is 5.77. The molecule has 0 N–H and O–H groups in total. The Labute approximate surface area is 153 Å². The SMILES string of the molecule is CC(C)N1CCC(Cc2ccccc2)(CN(C)CC(=O)N(C)C)CC1. The van der Waals surface area contributed by atoms with E-state index in [1.807, 2.05) is 14.1 Å². The molecule has 1 amide bonds. The number of benzene rings is 1. The van der Waals surface area contributed by atoms with E-state index in [-0.39, 0.29) is 11.3 Å². The van der Waals surface area contributed by atoms with E-state index >= 15 is 0 Å². The van der Waals surface area contributed by atoms with Crippen molar-refractivity contribution in [3.05, 3.63) is 35.9 Å². The van der Waals surface area contributed by atoms with Crippen LogP contribution in [0, 0.1) is 5.41 Å². The van der Waals surface area contributed by atoms with E-state index in [9.17, 15) is 4.79 Å². The van der Waals surface area contributed by atoms with Crippen LogP contribution in [0.4, 0.5) is 0 Å². The first-order valence-electron chi connectivity index (χ1n) is 9.48. The molecule has 0 spiro atoms. The predicted octanol–water partition coefficient (Wildman–Crippen LogP) is 2.74. The fourth-order valence-corrected chi connectivity index (χ4v) is 3.94. The Hall–Kier alpha value is -1.39. The minimum absolute atomic E-state index is 0.178. The number of likely N-dealkylation sites (N-methyl/N-ethyl adjacent to an activating group) is 2. The van der Waals surface area contributed by atoms with E-state index in [1.165, 1.54) is 18.4 Å². The molecule has 0 aliphatic carbocycles. The summed E-state index contributed by atoms with van der Waals surface area (Å²) in [4.78, 5) is 18.6. The van der Waals surface area contributed by atoms with Crippen molar-refractivity contribution in [3.8, 4) is 0 Å². The van der Waals surface area contributed by atoms with Crippen LogP contribution in [0.3, 0.4) is 0 Å². The van der Waals surface area contributed by atoms with Gasteiger partial charge in [-0.25, -0.2) is 0 Å². The van der Waals surface area contributed by atoms with Gasteiger partial charge in [0.25, 0.3) is 0 Å². The summed E-state index contributed by atoms with van der Waals surface area (Å²) in [6.45, 7) is 8.35. The van der Waals surface area contributed by atoms with Crippen molar-refractivity contribution in [3.63, 3.8) is 0 Å².